The zero-order valence-electron chi connectivity index (χ0n) is 21.5. The van der Waals surface area contributed by atoms with Crippen molar-refractivity contribution in [3.05, 3.63) is 70.9 Å². The highest BCUT2D eigenvalue weighted by molar-refractivity contribution is 6.05. The quantitative estimate of drug-likeness (QED) is 0.422. The zero-order valence-corrected chi connectivity index (χ0v) is 21.5. The smallest absolute Gasteiger partial charge is 0.396 e. The third kappa shape index (κ3) is 5.70. The Morgan fingerprint density at radius 1 is 1.05 bits per heavy atom. The number of pyridine rings is 1. The second-order valence-electron chi connectivity index (χ2n) is 10.6. The Balaban J connectivity index is 1.34. The Morgan fingerprint density at radius 2 is 1.84 bits per heavy atom. The van der Waals surface area contributed by atoms with Crippen molar-refractivity contribution in [1.29, 1.82) is 0 Å². The number of rotatable bonds is 5. The fraction of sp³-hybridized carbons (Fsp3) is 0.467. The monoisotopic (exact) mass is 527 g/mol. The molecule has 1 aromatic carbocycles. The van der Waals surface area contributed by atoms with Gasteiger partial charge in [0.15, 0.2) is 0 Å². The van der Waals surface area contributed by atoms with Crippen molar-refractivity contribution < 1.29 is 22.7 Å². The molecule has 2 unspecified atom stereocenters. The van der Waals surface area contributed by atoms with E-state index in [1.807, 2.05) is 25.1 Å². The lowest BCUT2D eigenvalue weighted by Gasteiger charge is -2.32. The molecule has 0 bridgehead atoms. The highest BCUT2D eigenvalue weighted by atomic mass is 19.4. The first kappa shape index (κ1) is 26.6. The summed E-state index contributed by atoms with van der Waals surface area (Å²) in [7, 11) is 0. The summed E-state index contributed by atoms with van der Waals surface area (Å²) in [5, 5.41) is 9.16. The minimum atomic E-state index is -4.40. The molecule has 1 aliphatic carbocycles. The molecule has 202 valence electrons. The summed E-state index contributed by atoms with van der Waals surface area (Å²) in [6.07, 6.45) is 4.04. The number of fused-ring (bicyclic) bond motifs is 1. The minimum absolute atomic E-state index is 0.0707. The lowest BCUT2D eigenvalue weighted by molar-refractivity contribution is -0.137. The van der Waals surface area contributed by atoms with E-state index in [1.165, 1.54) is 12.1 Å². The molecule has 8 heteroatoms. The van der Waals surface area contributed by atoms with Crippen LogP contribution in [0.1, 0.15) is 55.7 Å². The Hall–Kier alpha value is -3.00. The Labute approximate surface area is 220 Å². The number of piperidine rings is 1. The first-order valence-corrected chi connectivity index (χ1v) is 13.4. The molecule has 1 N–H and O–H groups in total. The summed E-state index contributed by atoms with van der Waals surface area (Å²) >= 11 is 0. The summed E-state index contributed by atoms with van der Waals surface area (Å²) < 4.78 is 55.1. The number of anilines is 1. The summed E-state index contributed by atoms with van der Waals surface area (Å²) in [4.78, 5) is 11.6. The maximum Gasteiger partial charge on any atom is 0.416 e. The average molecular weight is 528 g/mol. The number of aliphatic hydroxyl groups excluding tert-OH is 1. The van der Waals surface area contributed by atoms with Crippen molar-refractivity contribution in [3.8, 4) is 0 Å². The van der Waals surface area contributed by atoms with Crippen LogP contribution in [-0.4, -0.2) is 41.7 Å². The number of hydrogen-bond acceptors (Lipinski definition) is 4. The first-order valence-electron chi connectivity index (χ1n) is 13.4. The highest BCUT2D eigenvalue weighted by Crippen LogP contribution is 2.38. The van der Waals surface area contributed by atoms with Gasteiger partial charge in [-0.25, -0.2) is 9.37 Å². The third-order valence-electron chi connectivity index (χ3n) is 8.05. The van der Waals surface area contributed by atoms with E-state index in [-0.39, 0.29) is 18.9 Å². The van der Waals surface area contributed by atoms with Crippen molar-refractivity contribution in [3.63, 3.8) is 0 Å². The van der Waals surface area contributed by atoms with Crippen LogP contribution in [0.5, 0.6) is 0 Å². The highest BCUT2D eigenvalue weighted by Gasteiger charge is 2.33. The van der Waals surface area contributed by atoms with Crippen LogP contribution in [-0.2, 0) is 12.6 Å². The largest absolute Gasteiger partial charge is 0.416 e. The van der Waals surface area contributed by atoms with Gasteiger partial charge in [0.25, 0.3) is 0 Å². The SMILES string of the molecule is CC1CCc2cc(C(F)(F)F)ccc2N=C1C1=CC=C(c2ccc(N3CCC(CCO)CC3)nc2)CC1F. The van der Waals surface area contributed by atoms with Crippen LogP contribution in [0.4, 0.5) is 29.1 Å². The summed E-state index contributed by atoms with van der Waals surface area (Å²) in [6.45, 7) is 4.02. The van der Waals surface area contributed by atoms with Gasteiger partial charge in [0.05, 0.1) is 11.3 Å². The number of alkyl halides is 4. The molecule has 2 aliphatic heterocycles. The van der Waals surface area contributed by atoms with E-state index in [0.717, 1.165) is 55.4 Å². The van der Waals surface area contributed by atoms with Crippen LogP contribution < -0.4 is 4.90 Å². The Bertz CT molecular complexity index is 1240. The maximum atomic E-state index is 15.6. The maximum absolute atomic E-state index is 15.6. The van der Waals surface area contributed by atoms with Gasteiger partial charge in [-0.05, 0) is 91.0 Å². The molecule has 0 saturated carbocycles. The number of nitrogens with zero attached hydrogens (tertiary/aromatic N) is 3. The Morgan fingerprint density at radius 3 is 2.50 bits per heavy atom. The molecule has 0 radical (unpaired) electrons. The van der Waals surface area contributed by atoms with E-state index < -0.39 is 17.9 Å². The van der Waals surface area contributed by atoms with E-state index in [0.29, 0.717) is 41.3 Å². The molecule has 3 aliphatic rings. The molecule has 3 heterocycles. The summed E-state index contributed by atoms with van der Waals surface area (Å²) in [5.41, 5.74) is 3.21. The van der Waals surface area contributed by atoms with E-state index in [9.17, 15) is 13.2 Å². The molecular weight excluding hydrogens is 494 g/mol. The van der Waals surface area contributed by atoms with E-state index in [4.69, 9.17) is 5.11 Å². The van der Waals surface area contributed by atoms with Gasteiger partial charge in [-0.3, -0.25) is 4.99 Å². The summed E-state index contributed by atoms with van der Waals surface area (Å²) in [6, 6.07) is 7.58. The van der Waals surface area contributed by atoms with Crippen LogP contribution in [0.3, 0.4) is 0 Å². The minimum Gasteiger partial charge on any atom is -0.396 e. The van der Waals surface area contributed by atoms with Gasteiger partial charge in [-0.15, -0.1) is 0 Å². The number of aromatic nitrogens is 1. The molecule has 1 aromatic heterocycles. The van der Waals surface area contributed by atoms with Crippen LogP contribution >= 0.6 is 0 Å². The molecule has 2 aromatic rings. The van der Waals surface area contributed by atoms with E-state index in [2.05, 4.69) is 14.9 Å². The van der Waals surface area contributed by atoms with Gasteiger partial charge in [0.2, 0.25) is 0 Å². The predicted octanol–water partition coefficient (Wildman–Crippen LogP) is 7.11. The predicted molar refractivity (Wildman–Crippen MR) is 142 cm³/mol. The molecule has 4 nitrogen and oxygen atoms in total. The topological polar surface area (TPSA) is 48.7 Å². The van der Waals surface area contributed by atoms with Crippen molar-refractivity contribution in [1.82, 2.24) is 4.98 Å². The number of aliphatic hydroxyl groups is 1. The second-order valence-corrected chi connectivity index (χ2v) is 10.6. The number of allylic oxidation sites excluding steroid dienone is 4. The Kier molecular flexibility index (Phi) is 7.70. The van der Waals surface area contributed by atoms with Crippen molar-refractivity contribution >= 4 is 22.8 Å². The standard InChI is InChI=1S/C30H33F4N3O/c1-19-2-3-22-16-24(30(32,33)34)6-8-27(22)36-29(19)25-7-4-21(17-26(25)31)23-5-9-28(35-18-23)37-13-10-20(11-14-37)12-15-38/h4-9,16,18-20,26,38H,2-3,10-15,17H2,1H3. The van der Waals surface area contributed by atoms with Crippen molar-refractivity contribution in [2.45, 2.75) is 57.8 Å². The number of aryl methyl sites for hydroxylation is 1. The van der Waals surface area contributed by atoms with Gasteiger partial charge in [-0.1, -0.05) is 19.1 Å². The molecular formula is C30H33F4N3O. The van der Waals surface area contributed by atoms with Gasteiger partial charge in [0.1, 0.15) is 12.0 Å². The summed E-state index contributed by atoms with van der Waals surface area (Å²) in [5.74, 6) is 1.41. The number of hydrogen-bond donors (Lipinski definition) is 1. The van der Waals surface area contributed by atoms with Crippen molar-refractivity contribution in [2.75, 3.05) is 24.6 Å². The van der Waals surface area contributed by atoms with E-state index in [1.54, 1.807) is 12.3 Å². The average Bonchev–Trinajstić information content (AvgIpc) is 3.07. The lowest BCUT2D eigenvalue weighted by atomic mass is 9.85. The molecule has 5 rings (SSSR count). The molecule has 1 fully saturated rings. The zero-order chi connectivity index (χ0) is 26.9. The second kappa shape index (κ2) is 11.0. The van der Waals surface area contributed by atoms with Crippen LogP contribution in [0.2, 0.25) is 0 Å². The number of halogens is 4. The fourth-order valence-electron chi connectivity index (χ4n) is 5.69. The lowest BCUT2D eigenvalue weighted by Crippen LogP contribution is -2.34. The normalized spacial score (nSPS) is 22.8. The first-order chi connectivity index (χ1) is 18.2. The van der Waals surface area contributed by atoms with E-state index >= 15 is 4.39 Å². The molecule has 2 atom stereocenters. The molecule has 0 spiro atoms. The molecule has 1 saturated heterocycles. The van der Waals surface area contributed by atoms with Crippen LogP contribution in [0.15, 0.2) is 59.2 Å². The molecule has 0 amide bonds. The number of benzene rings is 1. The van der Waals surface area contributed by atoms with Gasteiger partial charge in [-0.2, -0.15) is 13.2 Å². The third-order valence-corrected chi connectivity index (χ3v) is 8.05. The molecule has 38 heavy (non-hydrogen) atoms. The van der Waals surface area contributed by atoms with Gasteiger partial charge in [0, 0.05) is 43.6 Å². The van der Waals surface area contributed by atoms with Crippen molar-refractivity contribution in [2.24, 2.45) is 16.8 Å². The van der Waals surface area contributed by atoms with Crippen LogP contribution in [0.25, 0.3) is 5.57 Å². The fourth-order valence-corrected chi connectivity index (χ4v) is 5.69. The van der Waals surface area contributed by atoms with Gasteiger partial charge < -0.3 is 10.0 Å². The van der Waals surface area contributed by atoms with Crippen LogP contribution in [0, 0.1) is 11.8 Å². The number of aliphatic imine (C=N–C) groups is 1. The van der Waals surface area contributed by atoms with Gasteiger partial charge >= 0.3 is 6.18 Å².